The molecule has 26 heavy (non-hydrogen) atoms. The van der Waals surface area contributed by atoms with Gasteiger partial charge < -0.3 is 24.1 Å². The fourth-order valence-corrected chi connectivity index (χ4v) is 2.42. The van der Waals surface area contributed by atoms with Gasteiger partial charge in [0.1, 0.15) is 0 Å². The summed E-state index contributed by atoms with van der Waals surface area (Å²) in [5, 5.41) is 8.20. The van der Waals surface area contributed by atoms with E-state index in [0.29, 0.717) is 33.0 Å². The maximum absolute atomic E-state index is 11.7. The number of hydrogen-bond acceptors (Lipinski definition) is 8. The molecule has 1 aromatic rings. The zero-order chi connectivity index (χ0) is 19.7. The molecule has 1 N–H and O–H groups in total. The first-order valence-corrected chi connectivity index (χ1v) is 9.59. The summed E-state index contributed by atoms with van der Waals surface area (Å²) in [5.74, 6) is 0. The Morgan fingerprint density at radius 3 is 1.81 bits per heavy atom. The predicted octanol–water partition coefficient (Wildman–Crippen LogP) is 1.01. The van der Waals surface area contributed by atoms with Crippen molar-refractivity contribution in [1.29, 1.82) is 0 Å². The lowest BCUT2D eigenvalue weighted by atomic mass is 10.2. The number of methoxy groups -OCH3 is 2. The maximum Gasteiger partial charge on any atom is 0.297 e. The van der Waals surface area contributed by atoms with Crippen LogP contribution in [0.2, 0.25) is 0 Å². The second-order valence-electron chi connectivity index (χ2n) is 5.02. The van der Waals surface area contributed by atoms with Gasteiger partial charge in [0.25, 0.3) is 10.1 Å². The summed E-state index contributed by atoms with van der Waals surface area (Å²) in [7, 11) is -0.496. The van der Waals surface area contributed by atoms with Crippen LogP contribution in [0.3, 0.4) is 0 Å². The van der Waals surface area contributed by atoms with Crippen molar-refractivity contribution in [1.82, 2.24) is 0 Å². The van der Waals surface area contributed by atoms with Crippen molar-refractivity contribution < 1.29 is 36.7 Å². The first-order chi connectivity index (χ1) is 12.5. The van der Waals surface area contributed by atoms with Gasteiger partial charge in [-0.3, -0.25) is 4.18 Å². The average Bonchev–Trinajstić information content (AvgIpc) is 2.63. The number of aryl methyl sites for hydroxylation is 1. The SMILES string of the molecule is COCCOCCO.COCCOCCOS(=O)(=O)c1ccc(C)cc1. The average molecular weight is 394 g/mol. The third kappa shape index (κ3) is 13.2. The Morgan fingerprint density at radius 2 is 1.31 bits per heavy atom. The molecule has 1 rings (SSSR count). The number of rotatable bonds is 13. The molecule has 9 heteroatoms. The number of aliphatic hydroxyl groups is 1. The summed E-state index contributed by atoms with van der Waals surface area (Å²) in [6.07, 6.45) is 0. The molecule has 0 aromatic heterocycles. The van der Waals surface area contributed by atoms with Crippen LogP contribution < -0.4 is 0 Å². The van der Waals surface area contributed by atoms with E-state index in [4.69, 9.17) is 23.5 Å². The number of benzene rings is 1. The van der Waals surface area contributed by atoms with Crippen molar-refractivity contribution in [3.05, 3.63) is 29.8 Å². The minimum Gasteiger partial charge on any atom is -0.394 e. The third-order valence-electron chi connectivity index (χ3n) is 2.88. The van der Waals surface area contributed by atoms with Crippen LogP contribution >= 0.6 is 0 Å². The van der Waals surface area contributed by atoms with Crippen molar-refractivity contribution in [2.75, 3.05) is 67.1 Å². The first kappa shape index (κ1) is 24.9. The summed E-state index contributed by atoms with van der Waals surface area (Å²) in [5.41, 5.74) is 0.997. The summed E-state index contributed by atoms with van der Waals surface area (Å²) in [6.45, 7) is 4.66. The van der Waals surface area contributed by atoms with E-state index in [0.717, 1.165) is 5.56 Å². The molecule has 0 spiro atoms. The minimum atomic E-state index is -3.68. The third-order valence-corrected chi connectivity index (χ3v) is 4.20. The molecule has 152 valence electrons. The minimum absolute atomic E-state index is 0.0000753. The van der Waals surface area contributed by atoms with E-state index in [2.05, 4.69) is 4.74 Å². The lowest BCUT2D eigenvalue weighted by Crippen LogP contribution is -2.13. The summed E-state index contributed by atoms with van der Waals surface area (Å²) in [4.78, 5) is 0.157. The van der Waals surface area contributed by atoms with E-state index in [9.17, 15) is 8.42 Å². The Balaban J connectivity index is 0.000000660. The Morgan fingerprint density at radius 1 is 0.808 bits per heavy atom. The van der Waals surface area contributed by atoms with Gasteiger partial charge in [-0.15, -0.1) is 0 Å². The molecule has 0 aliphatic carbocycles. The highest BCUT2D eigenvalue weighted by Crippen LogP contribution is 2.12. The van der Waals surface area contributed by atoms with Crippen LogP contribution in [0.25, 0.3) is 0 Å². The molecule has 0 bridgehead atoms. The van der Waals surface area contributed by atoms with Crippen molar-refractivity contribution in [3.8, 4) is 0 Å². The molecule has 0 aliphatic rings. The first-order valence-electron chi connectivity index (χ1n) is 8.18. The van der Waals surface area contributed by atoms with Gasteiger partial charge >= 0.3 is 0 Å². The summed E-state index contributed by atoms with van der Waals surface area (Å²) < 4.78 is 47.7. The van der Waals surface area contributed by atoms with E-state index in [1.165, 1.54) is 12.1 Å². The zero-order valence-electron chi connectivity index (χ0n) is 15.7. The Labute approximate surface area is 156 Å². The van der Waals surface area contributed by atoms with Crippen LogP contribution in [0, 0.1) is 6.92 Å². The zero-order valence-corrected chi connectivity index (χ0v) is 16.5. The second-order valence-corrected chi connectivity index (χ2v) is 6.64. The lowest BCUT2D eigenvalue weighted by molar-refractivity contribution is 0.0500. The number of hydrogen-bond donors (Lipinski definition) is 1. The molecule has 0 saturated heterocycles. The molecule has 0 radical (unpaired) electrons. The molecule has 0 amide bonds. The second kappa shape index (κ2) is 16.1. The quantitative estimate of drug-likeness (QED) is 0.391. The van der Waals surface area contributed by atoms with Gasteiger partial charge in [0, 0.05) is 14.2 Å². The highest BCUT2D eigenvalue weighted by atomic mass is 32.2. The van der Waals surface area contributed by atoms with Gasteiger partial charge in [0.15, 0.2) is 0 Å². The molecule has 8 nitrogen and oxygen atoms in total. The summed E-state index contributed by atoms with van der Waals surface area (Å²) in [6, 6.07) is 6.50. The van der Waals surface area contributed by atoms with Crippen LogP contribution in [0.15, 0.2) is 29.2 Å². The van der Waals surface area contributed by atoms with Crippen LogP contribution in [0.4, 0.5) is 0 Å². The monoisotopic (exact) mass is 394 g/mol. The normalized spacial score (nSPS) is 11.1. The fraction of sp³-hybridized carbons (Fsp3) is 0.647. The van der Waals surface area contributed by atoms with Gasteiger partial charge in [-0.1, -0.05) is 17.7 Å². The van der Waals surface area contributed by atoms with E-state index in [-0.39, 0.29) is 24.7 Å². The maximum atomic E-state index is 11.7. The molecular weight excluding hydrogens is 364 g/mol. The molecule has 0 atom stereocenters. The molecular formula is C17H30O8S. The van der Waals surface area contributed by atoms with E-state index in [1.54, 1.807) is 26.4 Å². The number of aliphatic hydroxyl groups excluding tert-OH is 1. The van der Waals surface area contributed by atoms with E-state index >= 15 is 0 Å². The van der Waals surface area contributed by atoms with Gasteiger partial charge in [-0.05, 0) is 19.1 Å². The molecule has 0 aliphatic heterocycles. The van der Waals surface area contributed by atoms with Crippen molar-refractivity contribution in [3.63, 3.8) is 0 Å². The van der Waals surface area contributed by atoms with E-state index in [1.807, 2.05) is 6.92 Å². The molecule has 0 saturated carbocycles. The number of ether oxygens (including phenoxy) is 4. The highest BCUT2D eigenvalue weighted by Gasteiger charge is 2.14. The Kier molecular flexibility index (Phi) is 15.5. The van der Waals surface area contributed by atoms with Crippen LogP contribution in [-0.4, -0.2) is 80.6 Å². The van der Waals surface area contributed by atoms with Crippen LogP contribution in [0.5, 0.6) is 0 Å². The molecule has 1 aromatic carbocycles. The van der Waals surface area contributed by atoms with Crippen LogP contribution in [0.1, 0.15) is 5.56 Å². The fourth-order valence-electron chi connectivity index (χ4n) is 1.53. The Bertz CT molecular complexity index is 524. The van der Waals surface area contributed by atoms with Gasteiger partial charge in [-0.2, -0.15) is 8.42 Å². The highest BCUT2D eigenvalue weighted by molar-refractivity contribution is 7.86. The van der Waals surface area contributed by atoms with Gasteiger partial charge in [0.2, 0.25) is 0 Å². The Hall–Kier alpha value is -1.07. The largest absolute Gasteiger partial charge is 0.394 e. The lowest BCUT2D eigenvalue weighted by Gasteiger charge is -2.06. The van der Waals surface area contributed by atoms with Crippen molar-refractivity contribution >= 4 is 10.1 Å². The van der Waals surface area contributed by atoms with E-state index < -0.39 is 10.1 Å². The predicted molar refractivity (Wildman–Crippen MR) is 96.8 cm³/mol. The standard InChI is InChI=1S/C12H18O5S.C5H12O3/c1-11-3-5-12(6-4-11)18(13,14)17-10-9-16-8-7-15-2;1-7-4-5-8-3-2-6/h3-6H,7-10H2,1-2H3;6H,2-5H2,1H3. The van der Waals surface area contributed by atoms with Gasteiger partial charge in [0.05, 0.1) is 57.8 Å². The molecule has 0 fully saturated rings. The topological polar surface area (TPSA) is 101 Å². The summed E-state index contributed by atoms with van der Waals surface area (Å²) >= 11 is 0. The van der Waals surface area contributed by atoms with Crippen LogP contribution in [-0.2, 0) is 33.2 Å². The van der Waals surface area contributed by atoms with Crippen molar-refractivity contribution in [2.24, 2.45) is 0 Å². The van der Waals surface area contributed by atoms with Gasteiger partial charge in [-0.25, -0.2) is 0 Å². The molecule has 0 heterocycles. The smallest absolute Gasteiger partial charge is 0.297 e. The molecule has 0 unspecified atom stereocenters. The van der Waals surface area contributed by atoms with Crippen molar-refractivity contribution in [2.45, 2.75) is 11.8 Å².